The standard InChI is InChI=1S/C13H27NS/c1-2-14(12-13-8-7-9-13)10-5-3-4-6-11-15/h13,15H,2-12H2,1H3. The molecule has 0 aromatic rings. The average Bonchev–Trinajstić information content (AvgIpc) is 2.19. The second-order valence-corrected chi connectivity index (χ2v) is 5.28. The predicted molar refractivity (Wildman–Crippen MR) is 71.8 cm³/mol. The molecule has 0 bridgehead atoms. The molecule has 0 atom stereocenters. The first-order valence-electron chi connectivity index (χ1n) is 6.70. The van der Waals surface area contributed by atoms with Crippen LogP contribution in [-0.2, 0) is 0 Å². The lowest BCUT2D eigenvalue weighted by Gasteiger charge is -2.31. The Labute approximate surface area is 101 Å². The summed E-state index contributed by atoms with van der Waals surface area (Å²) in [6.45, 7) is 6.22. The third kappa shape index (κ3) is 5.82. The van der Waals surface area contributed by atoms with Gasteiger partial charge < -0.3 is 4.90 Å². The molecule has 90 valence electrons. The van der Waals surface area contributed by atoms with Gasteiger partial charge in [0.1, 0.15) is 0 Å². The van der Waals surface area contributed by atoms with Gasteiger partial charge in [0.05, 0.1) is 0 Å². The highest BCUT2D eigenvalue weighted by molar-refractivity contribution is 7.80. The van der Waals surface area contributed by atoms with Crippen molar-refractivity contribution >= 4 is 12.6 Å². The van der Waals surface area contributed by atoms with E-state index < -0.39 is 0 Å². The molecule has 0 radical (unpaired) electrons. The van der Waals surface area contributed by atoms with Crippen LogP contribution in [-0.4, -0.2) is 30.3 Å². The van der Waals surface area contributed by atoms with Gasteiger partial charge in [-0.15, -0.1) is 0 Å². The van der Waals surface area contributed by atoms with E-state index in [0.29, 0.717) is 0 Å². The Bertz CT molecular complexity index is 145. The third-order valence-electron chi connectivity index (χ3n) is 3.57. The fourth-order valence-corrected chi connectivity index (χ4v) is 2.44. The van der Waals surface area contributed by atoms with E-state index in [1.165, 1.54) is 64.6 Å². The maximum atomic E-state index is 4.24. The minimum absolute atomic E-state index is 1.03. The highest BCUT2D eigenvalue weighted by Crippen LogP contribution is 2.27. The van der Waals surface area contributed by atoms with Gasteiger partial charge in [-0.1, -0.05) is 26.2 Å². The quantitative estimate of drug-likeness (QED) is 0.467. The van der Waals surface area contributed by atoms with E-state index in [1.54, 1.807) is 0 Å². The van der Waals surface area contributed by atoms with Gasteiger partial charge in [-0.25, -0.2) is 0 Å². The topological polar surface area (TPSA) is 3.24 Å². The van der Waals surface area contributed by atoms with Crippen LogP contribution in [0.2, 0.25) is 0 Å². The number of rotatable bonds is 9. The molecule has 0 saturated heterocycles. The Hall–Kier alpha value is 0.310. The molecule has 0 aliphatic heterocycles. The van der Waals surface area contributed by atoms with Crippen molar-refractivity contribution in [1.82, 2.24) is 4.90 Å². The maximum Gasteiger partial charge on any atom is 0.000954 e. The molecular weight excluding hydrogens is 202 g/mol. The molecule has 1 rings (SSSR count). The molecule has 0 aromatic carbocycles. The molecular formula is C13H27NS. The van der Waals surface area contributed by atoms with Gasteiger partial charge in [-0.2, -0.15) is 12.6 Å². The number of thiol groups is 1. The highest BCUT2D eigenvalue weighted by atomic mass is 32.1. The van der Waals surface area contributed by atoms with E-state index >= 15 is 0 Å². The van der Waals surface area contributed by atoms with Crippen LogP contribution in [0.3, 0.4) is 0 Å². The van der Waals surface area contributed by atoms with Crippen molar-refractivity contribution in [2.24, 2.45) is 5.92 Å². The van der Waals surface area contributed by atoms with Crippen molar-refractivity contribution in [3.8, 4) is 0 Å². The minimum Gasteiger partial charge on any atom is -0.303 e. The van der Waals surface area contributed by atoms with Gasteiger partial charge in [-0.05, 0) is 50.4 Å². The van der Waals surface area contributed by atoms with Crippen LogP contribution in [0.5, 0.6) is 0 Å². The third-order valence-corrected chi connectivity index (χ3v) is 3.89. The van der Waals surface area contributed by atoms with E-state index in [9.17, 15) is 0 Å². The van der Waals surface area contributed by atoms with E-state index in [2.05, 4.69) is 24.5 Å². The molecule has 0 N–H and O–H groups in total. The molecule has 1 saturated carbocycles. The van der Waals surface area contributed by atoms with Crippen LogP contribution < -0.4 is 0 Å². The monoisotopic (exact) mass is 229 g/mol. The molecule has 0 heterocycles. The first kappa shape index (κ1) is 13.4. The first-order valence-corrected chi connectivity index (χ1v) is 7.33. The Morgan fingerprint density at radius 1 is 1.13 bits per heavy atom. The fraction of sp³-hybridized carbons (Fsp3) is 1.00. The summed E-state index contributed by atoms with van der Waals surface area (Å²) in [5.74, 6) is 2.09. The SMILES string of the molecule is CCN(CCCCCCS)CC1CCC1. The first-order chi connectivity index (χ1) is 7.36. The zero-order valence-corrected chi connectivity index (χ0v) is 11.1. The normalized spacial score (nSPS) is 17.0. The van der Waals surface area contributed by atoms with Crippen LogP contribution in [0.4, 0.5) is 0 Å². The Morgan fingerprint density at radius 2 is 1.87 bits per heavy atom. The van der Waals surface area contributed by atoms with Crippen LogP contribution in [0.25, 0.3) is 0 Å². The molecule has 1 fully saturated rings. The van der Waals surface area contributed by atoms with Gasteiger partial charge in [0.25, 0.3) is 0 Å². The molecule has 1 nitrogen and oxygen atoms in total. The van der Waals surface area contributed by atoms with Crippen LogP contribution in [0, 0.1) is 5.92 Å². The van der Waals surface area contributed by atoms with Gasteiger partial charge >= 0.3 is 0 Å². The highest BCUT2D eigenvalue weighted by Gasteiger charge is 2.19. The number of nitrogens with zero attached hydrogens (tertiary/aromatic N) is 1. The van der Waals surface area contributed by atoms with Crippen LogP contribution in [0.1, 0.15) is 51.9 Å². The fourth-order valence-electron chi connectivity index (χ4n) is 2.22. The number of hydrogen-bond acceptors (Lipinski definition) is 2. The lowest BCUT2D eigenvalue weighted by Crippen LogP contribution is -2.33. The summed E-state index contributed by atoms with van der Waals surface area (Å²) in [5.41, 5.74) is 0. The molecule has 2 heteroatoms. The lowest BCUT2D eigenvalue weighted by molar-refractivity contribution is 0.181. The molecule has 0 spiro atoms. The van der Waals surface area contributed by atoms with Crippen molar-refractivity contribution in [3.63, 3.8) is 0 Å². The van der Waals surface area contributed by atoms with Gasteiger partial charge in [0.15, 0.2) is 0 Å². The molecule has 1 aliphatic carbocycles. The second-order valence-electron chi connectivity index (χ2n) is 4.83. The summed E-state index contributed by atoms with van der Waals surface area (Å²) in [4.78, 5) is 2.64. The summed E-state index contributed by atoms with van der Waals surface area (Å²) in [6, 6.07) is 0. The Morgan fingerprint density at radius 3 is 2.40 bits per heavy atom. The summed E-state index contributed by atoms with van der Waals surface area (Å²) >= 11 is 4.24. The summed E-state index contributed by atoms with van der Waals surface area (Å²) in [6.07, 6.45) is 9.87. The van der Waals surface area contributed by atoms with Gasteiger partial charge in [-0.3, -0.25) is 0 Å². The molecule has 1 aliphatic rings. The summed E-state index contributed by atoms with van der Waals surface area (Å²) < 4.78 is 0. The Balaban J connectivity index is 1.95. The zero-order chi connectivity index (χ0) is 10.9. The van der Waals surface area contributed by atoms with Crippen LogP contribution in [0.15, 0.2) is 0 Å². The molecule has 0 amide bonds. The maximum absolute atomic E-state index is 4.24. The number of unbranched alkanes of at least 4 members (excludes halogenated alkanes) is 3. The van der Waals surface area contributed by atoms with Crippen molar-refractivity contribution in [2.45, 2.75) is 51.9 Å². The zero-order valence-electron chi connectivity index (χ0n) is 10.2. The lowest BCUT2D eigenvalue weighted by atomic mass is 9.85. The van der Waals surface area contributed by atoms with Crippen molar-refractivity contribution < 1.29 is 0 Å². The number of hydrogen-bond donors (Lipinski definition) is 1. The second kappa shape index (κ2) is 8.46. The van der Waals surface area contributed by atoms with E-state index in [-0.39, 0.29) is 0 Å². The molecule has 0 aromatic heterocycles. The van der Waals surface area contributed by atoms with E-state index in [1.807, 2.05) is 0 Å². The predicted octanol–water partition coefficient (Wildman–Crippen LogP) is 3.60. The van der Waals surface area contributed by atoms with E-state index in [0.717, 1.165) is 11.7 Å². The average molecular weight is 229 g/mol. The van der Waals surface area contributed by atoms with Gasteiger partial charge in [0, 0.05) is 6.54 Å². The van der Waals surface area contributed by atoms with Crippen LogP contribution >= 0.6 is 12.6 Å². The Kier molecular flexibility index (Phi) is 7.54. The van der Waals surface area contributed by atoms with E-state index in [4.69, 9.17) is 0 Å². The largest absolute Gasteiger partial charge is 0.303 e. The van der Waals surface area contributed by atoms with Crippen molar-refractivity contribution in [3.05, 3.63) is 0 Å². The molecule has 15 heavy (non-hydrogen) atoms. The molecule has 0 unspecified atom stereocenters. The summed E-state index contributed by atoms with van der Waals surface area (Å²) in [7, 11) is 0. The van der Waals surface area contributed by atoms with Crippen molar-refractivity contribution in [2.75, 3.05) is 25.4 Å². The summed E-state index contributed by atoms with van der Waals surface area (Å²) in [5, 5.41) is 0. The minimum atomic E-state index is 1.03. The van der Waals surface area contributed by atoms with Gasteiger partial charge in [0.2, 0.25) is 0 Å². The smallest absolute Gasteiger partial charge is 0.000954 e. The van der Waals surface area contributed by atoms with Crippen molar-refractivity contribution in [1.29, 1.82) is 0 Å².